The normalized spacial score (nSPS) is 13.7. The van der Waals surface area contributed by atoms with E-state index in [0.717, 1.165) is 74.7 Å². The summed E-state index contributed by atoms with van der Waals surface area (Å²) in [4.78, 5) is 38.8. The first kappa shape index (κ1) is 37.1. The van der Waals surface area contributed by atoms with Crippen LogP contribution in [0, 0.1) is 65.9 Å². The van der Waals surface area contributed by atoms with Crippen LogP contribution in [0.2, 0.25) is 0 Å². The van der Waals surface area contributed by atoms with Crippen LogP contribution in [-0.2, 0) is 20.1 Å². The molecule has 1 radical (unpaired) electrons. The molecule has 12 nitrogen and oxygen atoms in total. The van der Waals surface area contributed by atoms with Crippen molar-refractivity contribution in [2.24, 2.45) is 0 Å². The topological polar surface area (TPSA) is 96.8 Å². The number of hydrogen-bond acceptors (Lipinski definition) is 12. The summed E-state index contributed by atoms with van der Waals surface area (Å²) in [5, 5.41) is 0. The quantitative estimate of drug-likeness (QED) is 0.169. The molecule has 0 saturated carbocycles. The van der Waals surface area contributed by atoms with Crippen LogP contribution in [0.3, 0.4) is 0 Å². The monoisotopic (exact) mass is 879 g/mol. The van der Waals surface area contributed by atoms with E-state index in [-0.39, 0.29) is 20.1 Å². The summed E-state index contributed by atoms with van der Waals surface area (Å²) in [5.74, 6) is 5.16. The van der Waals surface area contributed by atoms with Crippen LogP contribution in [0.5, 0.6) is 0 Å². The zero-order valence-corrected chi connectivity index (χ0v) is 32.9. The first-order valence-electron chi connectivity index (χ1n) is 16.7. The molecule has 9 rings (SSSR count). The number of aromatic nitrogens is 6. The van der Waals surface area contributed by atoms with E-state index < -0.39 is 0 Å². The van der Waals surface area contributed by atoms with Crippen molar-refractivity contribution in [3.63, 3.8) is 0 Å². The number of rotatable bonds is 3. The first-order valence-corrected chi connectivity index (χ1v) is 16.7. The molecule has 3 aliphatic rings. The largest absolute Gasteiger partial charge is 0.501 e. The number of hydrogen-bond donors (Lipinski definition) is 0. The van der Waals surface area contributed by atoms with Gasteiger partial charge in [-0.25, -0.2) is 29.9 Å². The third kappa shape index (κ3) is 7.77. The Morgan fingerprint density at radius 3 is 1.32 bits per heavy atom. The predicted molar refractivity (Wildman–Crippen MR) is 205 cm³/mol. The van der Waals surface area contributed by atoms with Gasteiger partial charge in [0.15, 0.2) is 0 Å². The number of benzene rings is 3. The van der Waals surface area contributed by atoms with Gasteiger partial charge in [-0.1, -0.05) is 0 Å². The van der Waals surface area contributed by atoms with Gasteiger partial charge < -0.3 is 29.4 Å². The molecule has 0 fully saturated rings. The minimum Gasteiger partial charge on any atom is -0.501 e. The third-order valence-electron chi connectivity index (χ3n) is 8.29. The van der Waals surface area contributed by atoms with Gasteiger partial charge in [-0.15, -0.1) is 30.4 Å². The molecule has 0 aliphatic carbocycles. The van der Waals surface area contributed by atoms with Crippen LogP contribution in [0.4, 0.5) is 51.8 Å². The molecule has 273 valence electrons. The Hall–Kier alpha value is -5.65. The van der Waals surface area contributed by atoms with E-state index in [9.17, 15) is 0 Å². The molecule has 3 aromatic heterocycles. The van der Waals surface area contributed by atoms with Gasteiger partial charge in [0, 0.05) is 20.1 Å². The second kappa shape index (κ2) is 15.9. The number of nitrogens with zero attached hydrogens (tertiary/aromatic N) is 12. The average Bonchev–Trinajstić information content (AvgIpc) is 3.79. The smallest absolute Gasteiger partial charge is 0.144 e. The van der Waals surface area contributed by atoms with Gasteiger partial charge in [-0.3, -0.25) is 0 Å². The SMILES string of the molecule is Cc1cnc2c(n1)N(c1[c-]cccc1)[CH-]N2C.Cc1cnc2c(n1)N(c1[c-]cccc1)[CH-]N2C.Cc1nc(C)c2c(n1)N(c1[c-]cccc1)[CH-]N2C.[Ir]. The fourth-order valence-electron chi connectivity index (χ4n) is 5.99. The predicted octanol–water partition coefficient (Wildman–Crippen LogP) is 7.18. The summed E-state index contributed by atoms with van der Waals surface area (Å²) in [5.41, 5.74) is 6.80. The minimum absolute atomic E-state index is 0. The van der Waals surface area contributed by atoms with Crippen LogP contribution >= 0.6 is 0 Å². The van der Waals surface area contributed by atoms with Crippen LogP contribution in [-0.4, -0.2) is 51.0 Å². The number of anilines is 9. The second-order valence-electron chi connectivity index (χ2n) is 12.4. The molecular formula is C40H38IrN12-6. The molecule has 0 N–H and O–H groups in total. The van der Waals surface area contributed by atoms with Crippen LogP contribution in [0.25, 0.3) is 0 Å². The van der Waals surface area contributed by atoms with Crippen molar-refractivity contribution < 1.29 is 20.1 Å². The summed E-state index contributed by atoms with van der Waals surface area (Å²) in [6.07, 6.45) is 3.56. The van der Waals surface area contributed by atoms with E-state index in [1.54, 1.807) is 12.4 Å². The maximum absolute atomic E-state index is 4.54. The number of para-hydroxylation sites is 3. The average molecular weight is 879 g/mol. The van der Waals surface area contributed by atoms with E-state index >= 15 is 0 Å². The third-order valence-corrected chi connectivity index (χ3v) is 8.29. The van der Waals surface area contributed by atoms with Crippen molar-refractivity contribution in [3.8, 4) is 0 Å². The molecule has 0 unspecified atom stereocenters. The molecule has 6 aromatic rings. The molecule has 0 amide bonds. The van der Waals surface area contributed by atoms with Gasteiger partial charge >= 0.3 is 0 Å². The van der Waals surface area contributed by atoms with Gasteiger partial charge in [-0.2, -0.15) is 97.7 Å². The van der Waals surface area contributed by atoms with E-state index in [0.29, 0.717) is 0 Å². The number of aryl methyl sites for hydroxylation is 4. The summed E-state index contributed by atoms with van der Waals surface area (Å²) >= 11 is 0. The Morgan fingerprint density at radius 2 is 0.906 bits per heavy atom. The van der Waals surface area contributed by atoms with Gasteiger partial charge in [0.05, 0.1) is 35.2 Å². The minimum atomic E-state index is 0. The molecule has 0 saturated heterocycles. The van der Waals surface area contributed by atoms with E-state index in [1.807, 2.05) is 171 Å². The summed E-state index contributed by atoms with van der Waals surface area (Å²) in [7, 11) is 5.94. The van der Waals surface area contributed by atoms with E-state index in [1.165, 1.54) is 0 Å². The molecule has 3 aromatic carbocycles. The summed E-state index contributed by atoms with van der Waals surface area (Å²) in [6, 6.07) is 33.2. The zero-order valence-electron chi connectivity index (χ0n) is 30.5. The Balaban J connectivity index is 0.000000135. The fourth-order valence-corrected chi connectivity index (χ4v) is 5.99. The standard InChI is InChI=1S/C14H14N4.2C13H12N4.Ir/c1-10-13-14(16-11(2)15-10)18(9-17(13)3)12-7-5-4-6-8-12;2*1-10-8-14-12-13(15-10)17(9-16(12)2)11-6-4-3-5-7-11;/h4-7,9H,1-3H3;2*3-6,8-9H,1-2H3;/q3*-2;. The molecule has 3 aliphatic heterocycles. The van der Waals surface area contributed by atoms with Crippen molar-refractivity contribution in [1.82, 2.24) is 29.9 Å². The molecule has 53 heavy (non-hydrogen) atoms. The molecule has 0 spiro atoms. The zero-order chi connectivity index (χ0) is 36.4. The fraction of sp³-hybridized carbons (Fsp3) is 0.175. The van der Waals surface area contributed by atoms with Gasteiger partial charge in [0.1, 0.15) is 34.9 Å². The van der Waals surface area contributed by atoms with Crippen molar-refractivity contribution >= 4 is 51.8 Å². The molecule has 0 atom stereocenters. The van der Waals surface area contributed by atoms with E-state index in [4.69, 9.17) is 0 Å². The van der Waals surface area contributed by atoms with Crippen molar-refractivity contribution in [2.75, 3.05) is 50.5 Å². The van der Waals surface area contributed by atoms with Gasteiger partial charge in [0.25, 0.3) is 0 Å². The van der Waals surface area contributed by atoms with Gasteiger partial charge in [0.2, 0.25) is 0 Å². The first-order chi connectivity index (χ1) is 25.2. The van der Waals surface area contributed by atoms with Crippen molar-refractivity contribution in [1.29, 1.82) is 0 Å². The van der Waals surface area contributed by atoms with Gasteiger partial charge in [-0.05, 0) is 48.8 Å². The van der Waals surface area contributed by atoms with E-state index in [2.05, 4.69) is 48.1 Å². The number of fused-ring (bicyclic) bond motifs is 3. The molecule has 0 bridgehead atoms. The van der Waals surface area contributed by atoms with Crippen LogP contribution in [0.1, 0.15) is 22.9 Å². The Kier molecular flexibility index (Phi) is 11.2. The summed E-state index contributed by atoms with van der Waals surface area (Å²) < 4.78 is 0. The van der Waals surface area contributed by atoms with Crippen LogP contribution in [0.15, 0.2) is 85.2 Å². The Bertz CT molecular complexity index is 2050. The summed E-state index contributed by atoms with van der Waals surface area (Å²) in [6.45, 7) is 13.8. The Labute approximate surface area is 325 Å². The van der Waals surface area contributed by atoms with Crippen molar-refractivity contribution in [2.45, 2.75) is 27.7 Å². The Morgan fingerprint density at radius 1 is 0.491 bits per heavy atom. The van der Waals surface area contributed by atoms with Crippen molar-refractivity contribution in [3.05, 3.63) is 146 Å². The maximum atomic E-state index is 4.54. The molecule has 13 heteroatoms. The maximum Gasteiger partial charge on any atom is 0.144 e. The second-order valence-corrected chi connectivity index (χ2v) is 12.4. The molecule has 6 heterocycles. The van der Waals surface area contributed by atoms with Crippen LogP contribution < -0.4 is 29.4 Å². The molecular weight excluding hydrogens is 841 g/mol.